The third kappa shape index (κ3) is 3.37. The summed E-state index contributed by atoms with van der Waals surface area (Å²) in [5.74, 6) is 0.533. The van der Waals surface area contributed by atoms with Gasteiger partial charge < -0.3 is 4.84 Å². The molecular formula is C13H11BrN6OS. The van der Waals surface area contributed by atoms with Crippen LogP contribution in [0.4, 0.5) is 0 Å². The van der Waals surface area contributed by atoms with Crippen LogP contribution in [-0.2, 0) is 18.5 Å². The molecule has 7 nitrogen and oxygen atoms in total. The van der Waals surface area contributed by atoms with Gasteiger partial charge in [-0.3, -0.25) is 0 Å². The smallest absolute Gasteiger partial charge is 0.204 e. The minimum atomic E-state index is 0.281. The first-order valence-corrected chi connectivity index (χ1v) is 7.99. The van der Waals surface area contributed by atoms with Gasteiger partial charge in [-0.1, -0.05) is 35.5 Å². The van der Waals surface area contributed by atoms with Crippen molar-refractivity contribution in [3.05, 3.63) is 56.7 Å². The monoisotopic (exact) mass is 378 g/mol. The number of hydrogen-bond donors (Lipinski definition) is 0. The Bertz CT molecular complexity index is 785. The number of tetrazole rings is 1. The molecular weight excluding hydrogens is 368 g/mol. The first-order valence-electron chi connectivity index (χ1n) is 6.32. The van der Waals surface area contributed by atoms with Crippen LogP contribution in [0.3, 0.4) is 0 Å². The number of nitrogens with zero attached hydrogens (tertiary/aromatic N) is 6. The van der Waals surface area contributed by atoms with Gasteiger partial charge in [0.2, 0.25) is 5.82 Å². The Hall–Kier alpha value is -2.13. The quantitative estimate of drug-likeness (QED) is 0.503. The zero-order valence-corrected chi connectivity index (χ0v) is 14.0. The number of halogens is 1. The summed E-state index contributed by atoms with van der Waals surface area (Å²) in [5, 5.41) is 17.6. The third-order valence-corrected chi connectivity index (χ3v) is 4.18. The van der Waals surface area contributed by atoms with E-state index in [0.717, 1.165) is 15.2 Å². The summed E-state index contributed by atoms with van der Waals surface area (Å²) in [4.78, 5) is 9.69. The van der Waals surface area contributed by atoms with E-state index in [1.807, 2.05) is 35.7 Å². The second kappa shape index (κ2) is 6.75. The number of benzene rings is 1. The molecule has 3 rings (SSSR count). The Kier molecular flexibility index (Phi) is 4.54. The van der Waals surface area contributed by atoms with E-state index in [4.69, 9.17) is 4.84 Å². The summed E-state index contributed by atoms with van der Waals surface area (Å²) in [6.45, 7) is 0.281. The highest BCUT2D eigenvalue weighted by atomic mass is 79.9. The maximum Gasteiger partial charge on any atom is 0.204 e. The number of aryl methyl sites for hydroxylation is 1. The Morgan fingerprint density at radius 2 is 2.18 bits per heavy atom. The predicted molar refractivity (Wildman–Crippen MR) is 85.5 cm³/mol. The Morgan fingerprint density at radius 1 is 1.36 bits per heavy atom. The van der Waals surface area contributed by atoms with E-state index in [1.54, 1.807) is 11.7 Å². The summed E-state index contributed by atoms with van der Waals surface area (Å²) in [6, 6.07) is 9.63. The van der Waals surface area contributed by atoms with E-state index in [0.29, 0.717) is 11.5 Å². The van der Waals surface area contributed by atoms with Crippen molar-refractivity contribution in [3.63, 3.8) is 0 Å². The van der Waals surface area contributed by atoms with Gasteiger partial charge in [0.05, 0.1) is 5.69 Å². The molecule has 0 spiro atoms. The van der Waals surface area contributed by atoms with Crippen LogP contribution in [0.1, 0.15) is 17.1 Å². The SMILES string of the molecule is Cn1nnnc1C(=NOCc1csc(Br)n1)c1ccccc1. The highest BCUT2D eigenvalue weighted by Crippen LogP contribution is 2.16. The summed E-state index contributed by atoms with van der Waals surface area (Å²) >= 11 is 4.82. The van der Waals surface area contributed by atoms with Crippen LogP contribution in [0, 0.1) is 0 Å². The zero-order valence-electron chi connectivity index (χ0n) is 11.5. The molecule has 2 aromatic heterocycles. The van der Waals surface area contributed by atoms with Crippen molar-refractivity contribution in [2.45, 2.75) is 6.61 Å². The fraction of sp³-hybridized carbons (Fsp3) is 0.154. The van der Waals surface area contributed by atoms with Crippen molar-refractivity contribution >= 4 is 33.0 Å². The van der Waals surface area contributed by atoms with Crippen LogP contribution >= 0.6 is 27.3 Å². The van der Waals surface area contributed by atoms with Crippen LogP contribution in [0.5, 0.6) is 0 Å². The van der Waals surface area contributed by atoms with Crippen LogP contribution < -0.4 is 0 Å². The number of aromatic nitrogens is 5. The van der Waals surface area contributed by atoms with Crippen molar-refractivity contribution in [3.8, 4) is 0 Å². The van der Waals surface area contributed by atoms with E-state index in [9.17, 15) is 0 Å². The van der Waals surface area contributed by atoms with Crippen molar-refractivity contribution in [2.75, 3.05) is 0 Å². The van der Waals surface area contributed by atoms with Crippen molar-refractivity contribution < 1.29 is 4.84 Å². The molecule has 112 valence electrons. The largest absolute Gasteiger partial charge is 0.389 e. The van der Waals surface area contributed by atoms with Gasteiger partial charge in [-0.15, -0.1) is 16.4 Å². The molecule has 3 aromatic rings. The molecule has 0 unspecified atom stereocenters. The van der Waals surface area contributed by atoms with E-state index in [1.165, 1.54) is 11.3 Å². The lowest BCUT2D eigenvalue weighted by Gasteiger charge is -2.05. The van der Waals surface area contributed by atoms with Crippen LogP contribution in [0.25, 0.3) is 0 Å². The summed E-state index contributed by atoms with van der Waals surface area (Å²) in [5.41, 5.74) is 2.26. The van der Waals surface area contributed by atoms with Crippen LogP contribution in [0.15, 0.2) is 44.8 Å². The van der Waals surface area contributed by atoms with Crippen LogP contribution in [-0.4, -0.2) is 30.9 Å². The number of hydrogen-bond acceptors (Lipinski definition) is 7. The summed E-state index contributed by atoms with van der Waals surface area (Å²) in [6.07, 6.45) is 0. The molecule has 0 fully saturated rings. The standard InChI is InChI=1S/C13H11BrN6OS/c1-20-12(16-18-19-20)11(9-5-3-2-4-6-9)17-21-7-10-8-22-13(14)15-10/h2-6,8H,7H2,1H3. The van der Waals surface area contributed by atoms with E-state index >= 15 is 0 Å². The Labute approximate surface area is 138 Å². The van der Waals surface area contributed by atoms with E-state index in [-0.39, 0.29) is 6.61 Å². The Balaban J connectivity index is 1.85. The molecule has 0 atom stereocenters. The molecule has 0 saturated heterocycles. The second-order valence-corrected chi connectivity index (χ2v) is 6.43. The molecule has 0 amide bonds. The molecule has 0 bridgehead atoms. The highest BCUT2D eigenvalue weighted by molar-refractivity contribution is 9.11. The normalized spacial score (nSPS) is 11.6. The molecule has 0 aliphatic heterocycles. The van der Waals surface area contributed by atoms with Crippen molar-refractivity contribution in [1.29, 1.82) is 0 Å². The predicted octanol–water partition coefficient (Wildman–Crippen LogP) is 2.40. The average Bonchev–Trinajstić information content (AvgIpc) is 3.13. The number of thiazole rings is 1. The van der Waals surface area contributed by atoms with Gasteiger partial charge >= 0.3 is 0 Å². The molecule has 0 N–H and O–H groups in total. The van der Waals surface area contributed by atoms with E-state index < -0.39 is 0 Å². The molecule has 9 heteroatoms. The third-order valence-electron chi connectivity index (χ3n) is 2.77. The minimum Gasteiger partial charge on any atom is -0.389 e. The fourth-order valence-electron chi connectivity index (χ4n) is 1.76. The highest BCUT2D eigenvalue weighted by Gasteiger charge is 2.14. The lowest BCUT2D eigenvalue weighted by atomic mass is 10.1. The van der Waals surface area contributed by atoms with Gasteiger partial charge in [0.25, 0.3) is 0 Å². The molecule has 0 saturated carbocycles. The zero-order chi connectivity index (χ0) is 15.4. The van der Waals surface area contributed by atoms with Gasteiger partial charge in [-0.25, -0.2) is 9.67 Å². The second-order valence-electron chi connectivity index (χ2n) is 4.30. The molecule has 2 heterocycles. The van der Waals surface area contributed by atoms with Gasteiger partial charge in [-0.2, -0.15) is 0 Å². The Morgan fingerprint density at radius 3 is 2.82 bits per heavy atom. The lowest BCUT2D eigenvalue weighted by molar-refractivity contribution is 0.128. The summed E-state index contributed by atoms with van der Waals surface area (Å²) in [7, 11) is 1.76. The topological polar surface area (TPSA) is 78.1 Å². The maximum absolute atomic E-state index is 5.43. The number of oxime groups is 1. The van der Waals surface area contributed by atoms with Gasteiger partial charge in [0.1, 0.15) is 0 Å². The molecule has 0 aliphatic carbocycles. The first-order chi connectivity index (χ1) is 10.7. The van der Waals surface area contributed by atoms with Gasteiger partial charge in [0.15, 0.2) is 16.2 Å². The molecule has 0 aliphatic rings. The first kappa shape index (κ1) is 14.8. The lowest BCUT2D eigenvalue weighted by Crippen LogP contribution is -2.12. The summed E-state index contributed by atoms with van der Waals surface area (Å²) < 4.78 is 2.37. The van der Waals surface area contributed by atoms with Gasteiger partial charge in [0, 0.05) is 18.0 Å². The fourth-order valence-corrected chi connectivity index (χ4v) is 2.79. The van der Waals surface area contributed by atoms with Crippen molar-refractivity contribution in [1.82, 2.24) is 25.2 Å². The number of rotatable bonds is 5. The van der Waals surface area contributed by atoms with Gasteiger partial charge in [-0.05, 0) is 26.4 Å². The van der Waals surface area contributed by atoms with Crippen LogP contribution in [0.2, 0.25) is 0 Å². The van der Waals surface area contributed by atoms with Crippen molar-refractivity contribution in [2.24, 2.45) is 12.2 Å². The molecule has 1 aromatic carbocycles. The maximum atomic E-state index is 5.43. The minimum absolute atomic E-state index is 0.281. The molecule has 22 heavy (non-hydrogen) atoms. The average molecular weight is 379 g/mol. The van der Waals surface area contributed by atoms with E-state index in [2.05, 4.69) is 41.6 Å². The molecule has 0 radical (unpaired) electrons.